The van der Waals surface area contributed by atoms with Gasteiger partial charge in [-0.3, -0.25) is 14.9 Å². The van der Waals surface area contributed by atoms with Crippen LogP contribution < -0.4 is 4.90 Å². The molecule has 1 aromatic carbocycles. The Morgan fingerprint density at radius 2 is 1.87 bits per heavy atom. The molecule has 5 heteroatoms. The van der Waals surface area contributed by atoms with Gasteiger partial charge in [0.1, 0.15) is 0 Å². The molecule has 23 heavy (non-hydrogen) atoms. The lowest BCUT2D eigenvalue weighted by molar-refractivity contribution is 0.0391. The van der Waals surface area contributed by atoms with Crippen molar-refractivity contribution in [2.24, 2.45) is 0 Å². The van der Waals surface area contributed by atoms with Crippen molar-refractivity contribution in [1.29, 1.82) is 0 Å². The Kier molecular flexibility index (Phi) is 5.56. The van der Waals surface area contributed by atoms with E-state index in [1.54, 1.807) is 0 Å². The molecule has 0 N–H and O–H groups in total. The first-order valence-corrected chi connectivity index (χ1v) is 8.19. The van der Waals surface area contributed by atoms with Gasteiger partial charge in [-0.1, -0.05) is 18.2 Å². The Hall–Kier alpha value is -1.98. The van der Waals surface area contributed by atoms with Crippen LogP contribution >= 0.6 is 0 Å². The number of para-hydroxylation sites is 1. The molecule has 0 amide bonds. The molecule has 3 rings (SSSR count). The van der Waals surface area contributed by atoms with Crippen LogP contribution in [0, 0.1) is 6.92 Å². The van der Waals surface area contributed by atoms with Crippen molar-refractivity contribution in [3.05, 3.63) is 54.1 Å². The average Bonchev–Trinajstić information content (AvgIpc) is 2.62. The number of rotatable bonds is 6. The van der Waals surface area contributed by atoms with Gasteiger partial charge in [0.15, 0.2) is 0 Å². The highest BCUT2D eigenvalue weighted by molar-refractivity contribution is 5.46. The number of benzene rings is 1. The van der Waals surface area contributed by atoms with E-state index in [2.05, 4.69) is 50.1 Å². The van der Waals surface area contributed by atoms with Gasteiger partial charge in [0.2, 0.25) is 0 Å². The predicted molar refractivity (Wildman–Crippen MR) is 91.5 cm³/mol. The van der Waals surface area contributed by atoms with Gasteiger partial charge in [-0.25, -0.2) is 0 Å². The zero-order valence-corrected chi connectivity index (χ0v) is 13.7. The first kappa shape index (κ1) is 15.9. The molecule has 0 bridgehead atoms. The Labute approximate surface area is 137 Å². The quantitative estimate of drug-likeness (QED) is 0.817. The van der Waals surface area contributed by atoms with Gasteiger partial charge in [-0.15, -0.1) is 0 Å². The monoisotopic (exact) mass is 312 g/mol. The molecule has 2 aromatic rings. The molecular weight excluding hydrogens is 288 g/mol. The zero-order valence-electron chi connectivity index (χ0n) is 13.7. The molecule has 122 valence electrons. The van der Waals surface area contributed by atoms with E-state index in [9.17, 15) is 0 Å². The lowest BCUT2D eigenvalue weighted by Gasteiger charge is -2.31. The molecule has 0 saturated carbocycles. The van der Waals surface area contributed by atoms with Crippen LogP contribution in [0.3, 0.4) is 0 Å². The van der Waals surface area contributed by atoms with Crippen LogP contribution in [0.25, 0.3) is 0 Å². The van der Waals surface area contributed by atoms with E-state index in [1.165, 1.54) is 5.69 Å². The second-order valence-electron chi connectivity index (χ2n) is 5.86. The Morgan fingerprint density at radius 3 is 2.57 bits per heavy atom. The molecule has 0 radical (unpaired) electrons. The smallest absolute Gasteiger partial charge is 0.0780 e. The molecule has 1 saturated heterocycles. The number of ether oxygens (including phenoxy) is 1. The van der Waals surface area contributed by atoms with Crippen LogP contribution in [-0.4, -0.2) is 54.3 Å². The predicted octanol–water partition coefficient (Wildman–Crippen LogP) is 2.12. The number of nitrogens with zero attached hydrogens (tertiary/aromatic N) is 4. The van der Waals surface area contributed by atoms with Crippen LogP contribution in [0.2, 0.25) is 0 Å². The zero-order chi connectivity index (χ0) is 15.9. The average molecular weight is 312 g/mol. The van der Waals surface area contributed by atoms with E-state index in [1.807, 2.05) is 19.3 Å². The van der Waals surface area contributed by atoms with E-state index >= 15 is 0 Å². The van der Waals surface area contributed by atoms with Gasteiger partial charge < -0.3 is 9.64 Å². The maximum Gasteiger partial charge on any atom is 0.0780 e. The lowest BCUT2D eigenvalue weighted by Crippen LogP contribution is -2.41. The SMILES string of the molecule is Cc1cnc(CN(CCN2CCOCC2)c2ccccc2)cn1. The van der Waals surface area contributed by atoms with Crippen LogP contribution in [0.1, 0.15) is 11.4 Å². The summed E-state index contributed by atoms with van der Waals surface area (Å²) in [5.74, 6) is 0. The summed E-state index contributed by atoms with van der Waals surface area (Å²) >= 11 is 0. The summed E-state index contributed by atoms with van der Waals surface area (Å²) < 4.78 is 5.42. The molecule has 5 nitrogen and oxygen atoms in total. The fourth-order valence-electron chi connectivity index (χ4n) is 2.72. The first-order valence-electron chi connectivity index (χ1n) is 8.19. The minimum atomic E-state index is 0.779. The highest BCUT2D eigenvalue weighted by atomic mass is 16.5. The van der Waals surface area contributed by atoms with Gasteiger partial charge >= 0.3 is 0 Å². The van der Waals surface area contributed by atoms with Crippen molar-refractivity contribution < 1.29 is 4.74 Å². The highest BCUT2D eigenvalue weighted by Gasteiger charge is 2.13. The number of hydrogen-bond acceptors (Lipinski definition) is 5. The topological polar surface area (TPSA) is 41.5 Å². The third-order valence-corrected chi connectivity index (χ3v) is 4.10. The summed E-state index contributed by atoms with van der Waals surface area (Å²) in [7, 11) is 0. The van der Waals surface area contributed by atoms with Crippen LogP contribution in [0.5, 0.6) is 0 Å². The molecule has 1 fully saturated rings. The molecule has 1 aromatic heterocycles. The molecule has 0 atom stereocenters. The fourth-order valence-corrected chi connectivity index (χ4v) is 2.72. The fraction of sp³-hybridized carbons (Fsp3) is 0.444. The van der Waals surface area contributed by atoms with Crippen LogP contribution in [0.15, 0.2) is 42.7 Å². The summed E-state index contributed by atoms with van der Waals surface area (Å²) in [6.45, 7) is 8.48. The van der Waals surface area contributed by atoms with E-state index in [4.69, 9.17) is 4.74 Å². The van der Waals surface area contributed by atoms with Crippen LogP contribution in [0.4, 0.5) is 5.69 Å². The van der Waals surface area contributed by atoms with Gasteiger partial charge in [-0.2, -0.15) is 0 Å². The van der Waals surface area contributed by atoms with Crippen molar-refractivity contribution in [1.82, 2.24) is 14.9 Å². The number of hydrogen-bond donors (Lipinski definition) is 0. The number of morpholine rings is 1. The van der Waals surface area contributed by atoms with Crippen molar-refractivity contribution in [3.63, 3.8) is 0 Å². The summed E-state index contributed by atoms with van der Waals surface area (Å²) in [6, 6.07) is 10.5. The summed E-state index contributed by atoms with van der Waals surface area (Å²) in [5, 5.41) is 0. The largest absolute Gasteiger partial charge is 0.379 e. The normalized spacial score (nSPS) is 15.5. The second-order valence-corrected chi connectivity index (χ2v) is 5.86. The van der Waals surface area contributed by atoms with E-state index in [0.29, 0.717) is 0 Å². The molecule has 2 heterocycles. The summed E-state index contributed by atoms with van der Waals surface area (Å²) in [5.41, 5.74) is 3.18. The minimum Gasteiger partial charge on any atom is -0.379 e. The maximum atomic E-state index is 5.42. The molecule has 1 aliphatic rings. The molecule has 0 unspecified atom stereocenters. The van der Waals surface area contributed by atoms with Gasteiger partial charge in [0.25, 0.3) is 0 Å². The number of aromatic nitrogens is 2. The minimum absolute atomic E-state index is 0.779. The van der Waals surface area contributed by atoms with Crippen LogP contribution in [-0.2, 0) is 11.3 Å². The molecule has 0 spiro atoms. The first-order chi connectivity index (χ1) is 11.3. The Balaban J connectivity index is 1.67. The number of aryl methyl sites for hydroxylation is 1. The highest BCUT2D eigenvalue weighted by Crippen LogP contribution is 2.16. The Morgan fingerprint density at radius 1 is 1.09 bits per heavy atom. The molecular formula is C18H24N4O. The third-order valence-electron chi connectivity index (χ3n) is 4.10. The Bertz CT molecular complexity index is 582. The second kappa shape index (κ2) is 8.04. The lowest BCUT2D eigenvalue weighted by atomic mass is 10.2. The molecule has 0 aliphatic carbocycles. The summed E-state index contributed by atoms with van der Waals surface area (Å²) in [6.07, 6.45) is 3.71. The van der Waals surface area contributed by atoms with Gasteiger partial charge in [0, 0.05) is 38.1 Å². The third kappa shape index (κ3) is 4.74. The molecule has 1 aliphatic heterocycles. The van der Waals surface area contributed by atoms with E-state index < -0.39 is 0 Å². The standard InChI is InChI=1S/C18H24N4O/c1-16-13-20-17(14-19-16)15-22(18-5-3-2-4-6-18)8-7-21-9-11-23-12-10-21/h2-6,13-14H,7-12,15H2,1H3. The van der Waals surface area contributed by atoms with Gasteiger partial charge in [0.05, 0.1) is 37.3 Å². The van der Waals surface area contributed by atoms with Crippen molar-refractivity contribution >= 4 is 5.69 Å². The van der Waals surface area contributed by atoms with E-state index in [0.717, 1.165) is 57.3 Å². The van der Waals surface area contributed by atoms with Crippen molar-refractivity contribution in [2.45, 2.75) is 13.5 Å². The van der Waals surface area contributed by atoms with Crippen molar-refractivity contribution in [2.75, 3.05) is 44.3 Å². The van der Waals surface area contributed by atoms with Gasteiger partial charge in [-0.05, 0) is 19.1 Å². The number of anilines is 1. The van der Waals surface area contributed by atoms with E-state index in [-0.39, 0.29) is 0 Å². The maximum absolute atomic E-state index is 5.42. The summed E-state index contributed by atoms with van der Waals surface area (Å²) in [4.78, 5) is 13.7. The van der Waals surface area contributed by atoms with Crippen molar-refractivity contribution in [3.8, 4) is 0 Å².